The summed E-state index contributed by atoms with van der Waals surface area (Å²) >= 11 is 5.76. The molecule has 0 bridgehead atoms. The maximum absolute atomic E-state index is 11.7. The van der Waals surface area contributed by atoms with Gasteiger partial charge in [0.25, 0.3) is 5.91 Å². The maximum Gasteiger partial charge on any atom is 0.338 e. The van der Waals surface area contributed by atoms with E-state index >= 15 is 0 Å². The highest BCUT2D eigenvalue weighted by Crippen LogP contribution is 2.19. The molecule has 1 aromatic rings. The minimum absolute atomic E-state index is 0.0207. The second-order valence-corrected chi connectivity index (χ2v) is 5.32. The first-order valence-corrected chi connectivity index (χ1v) is 6.70. The van der Waals surface area contributed by atoms with Crippen LogP contribution in [0.2, 0.25) is 5.02 Å². The van der Waals surface area contributed by atoms with Crippen LogP contribution in [0.4, 0.5) is 5.69 Å². The van der Waals surface area contributed by atoms with Crippen molar-refractivity contribution in [1.82, 2.24) is 5.32 Å². The van der Waals surface area contributed by atoms with E-state index in [1.807, 2.05) is 20.8 Å². The van der Waals surface area contributed by atoms with Crippen LogP contribution in [0.1, 0.15) is 31.1 Å². The minimum atomic E-state index is -0.610. The number of nitrogen functional groups attached to an aromatic ring is 1. The predicted molar refractivity (Wildman–Crippen MR) is 78.6 cm³/mol. The number of nitrogens with two attached hydrogens (primary N) is 1. The number of ether oxygens (including phenoxy) is 1. The third kappa shape index (κ3) is 4.74. The lowest BCUT2D eigenvalue weighted by molar-refractivity contribution is -0.125. The Bertz CT molecular complexity index is 503. The Balaban J connectivity index is 2.51. The zero-order valence-electron chi connectivity index (χ0n) is 11.8. The van der Waals surface area contributed by atoms with E-state index in [4.69, 9.17) is 22.1 Å². The van der Waals surface area contributed by atoms with Crippen LogP contribution >= 0.6 is 11.6 Å². The van der Waals surface area contributed by atoms with Crippen LogP contribution in [0, 0.1) is 5.92 Å². The van der Waals surface area contributed by atoms with Gasteiger partial charge in [-0.1, -0.05) is 25.4 Å². The molecule has 0 unspecified atom stereocenters. The standard InChI is InChI=1S/C14H19ClN2O3/c1-8(2)9(3)17-13(18)7-20-14(19)10-4-5-11(15)12(16)6-10/h4-6,8-9H,7,16H2,1-3H3,(H,17,18)/t9-/m1/s1. The van der Waals surface area contributed by atoms with Gasteiger partial charge in [-0.2, -0.15) is 0 Å². The normalized spacial score (nSPS) is 12.1. The van der Waals surface area contributed by atoms with Crippen molar-refractivity contribution < 1.29 is 14.3 Å². The van der Waals surface area contributed by atoms with Crippen molar-refractivity contribution in [3.63, 3.8) is 0 Å². The van der Waals surface area contributed by atoms with Crippen LogP contribution in [0.15, 0.2) is 18.2 Å². The molecule has 0 fully saturated rings. The molecule has 1 aromatic carbocycles. The number of rotatable bonds is 5. The van der Waals surface area contributed by atoms with E-state index in [0.717, 1.165) is 0 Å². The fourth-order valence-electron chi connectivity index (χ4n) is 1.35. The van der Waals surface area contributed by atoms with E-state index in [2.05, 4.69) is 5.32 Å². The van der Waals surface area contributed by atoms with E-state index in [1.165, 1.54) is 18.2 Å². The van der Waals surface area contributed by atoms with Crippen LogP contribution in [0.5, 0.6) is 0 Å². The molecule has 110 valence electrons. The summed E-state index contributed by atoms with van der Waals surface area (Å²) < 4.78 is 4.92. The fourth-order valence-corrected chi connectivity index (χ4v) is 1.46. The molecule has 1 amide bonds. The second kappa shape index (κ2) is 7.14. The number of carbonyl (C=O) groups excluding carboxylic acids is 2. The van der Waals surface area contributed by atoms with E-state index in [1.54, 1.807) is 0 Å². The minimum Gasteiger partial charge on any atom is -0.452 e. The van der Waals surface area contributed by atoms with Gasteiger partial charge in [-0.15, -0.1) is 0 Å². The van der Waals surface area contributed by atoms with Gasteiger partial charge in [-0.3, -0.25) is 4.79 Å². The molecule has 0 heterocycles. The monoisotopic (exact) mass is 298 g/mol. The van der Waals surface area contributed by atoms with E-state index in [0.29, 0.717) is 16.6 Å². The highest BCUT2D eigenvalue weighted by molar-refractivity contribution is 6.33. The number of amides is 1. The van der Waals surface area contributed by atoms with Gasteiger partial charge >= 0.3 is 5.97 Å². The van der Waals surface area contributed by atoms with Crippen LogP contribution in [-0.2, 0) is 9.53 Å². The lowest BCUT2D eigenvalue weighted by Crippen LogP contribution is -2.38. The first kappa shape index (κ1) is 16.3. The van der Waals surface area contributed by atoms with Crippen molar-refractivity contribution in [2.75, 3.05) is 12.3 Å². The molecule has 0 aromatic heterocycles. The number of hydrogen-bond acceptors (Lipinski definition) is 4. The molecule has 5 nitrogen and oxygen atoms in total. The van der Waals surface area contributed by atoms with Gasteiger partial charge in [0.1, 0.15) is 0 Å². The maximum atomic E-state index is 11.7. The number of halogens is 1. The highest BCUT2D eigenvalue weighted by Gasteiger charge is 2.14. The van der Waals surface area contributed by atoms with E-state index in [-0.39, 0.29) is 24.1 Å². The van der Waals surface area contributed by atoms with E-state index in [9.17, 15) is 9.59 Å². The summed E-state index contributed by atoms with van der Waals surface area (Å²) in [5.74, 6) is -0.632. The predicted octanol–water partition coefficient (Wildman–Crippen LogP) is 2.24. The molecule has 0 saturated heterocycles. The van der Waals surface area contributed by atoms with Crippen molar-refractivity contribution in [3.05, 3.63) is 28.8 Å². The molecule has 0 spiro atoms. The van der Waals surface area contributed by atoms with Gasteiger partial charge in [-0.25, -0.2) is 4.79 Å². The highest BCUT2D eigenvalue weighted by atomic mass is 35.5. The average Bonchev–Trinajstić information content (AvgIpc) is 2.39. The van der Waals surface area contributed by atoms with Gasteiger partial charge in [0.05, 0.1) is 16.3 Å². The SMILES string of the molecule is CC(C)[C@@H](C)NC(=O)COC(=O)c1ccc(Cl)c(N)c1. The molecular formula is C14H19ClN2O3. The Morgan fingerprint density at radius 3 is 2.55 bits per heavy atom. The number of esters is 1. The lowest BCUT2D eigenvalue weighted by Gasteiger charge is -2.17. The quantitative estimate of drug-likeness (QED) is 0.645. The van der Waals surface area contributed by atoms with Crippen molar-refractivity contribution >= 4 is 29.2 Å². The van der Waals surface area contributed by atoms with Crippen molar-refractivity contribution in [2.24, 2.45) is 5.92 Å². The van der Waals surface area contributed by atoms with Crippen LogP contribution < -0.4 is 11.1 Å². The van der Waals surface area contributed by atoms with Crippen LogP contribution in [0.25, 0.3) is 0 Å². The molecule has 0 aliphatic carbocycles. The van der Waals surface area contributed by atoms with E-state index < -0.39 is 5.97 Å². The Morgan fingerprint density at radius 1 is 1.35 bits per heavy atom. The number of benzene rings is 1. The third-order valence-electron chi connectivity index (χ3n) is 2.95. The number of nitrogens with one attached hydrogen (secondary N) is 1. The Labute approximate surface area is 123 Å². The summed E-state index contributed by atoms with van der Waals surface area (Å²) in [6.07, 6.45) is 0. The van der Waals surface area contributed by atoms with Crippen molar-refractivity contribution in [2.45, 2.75) is 26.8 Å². The molecule has 0 aliphatic heterocycles. The summed E-state index contributed by atoms with van der Waals surface area (Å²) in [7, 11) is 0. The zero-order chi connectivity index (χ0) is 15.3. The third-order valence-corrected chi connectivity index (χ3v) is 3.30. The Kier molecular flexibility index (Phi) is 5.82. The molecule has 1 rings (SSSR count). The van der Waals surface area contributed by atoms with Crippen LogP contribution in [0.3, 0.4) is 0 Å². The summed E-state index contributed by atoms with van der Waals surface area (Å²) in [6.45, 7) is 5.56. The van der Waals surface area contributed by atoms with Gasteiger partial charge < -0.3 is 15.8 Å². The van der Waals surface area contributed by atoms with Gasteiger partial charge in [0, 0.05) is 6.04 Å². The first-order valence-electron chi connectivity index (χ1n) is 6.32. The molecule has 0 aliphatic rings. The zero-order valence-corrected chi connectivity index (χ0v) is 12.5. The topological polar surface area (TPSA) is 81.4 Å². The molecule has 3 N–H and O–H groups in total. The summed E-state index contributed by atoms with van der Waals surface area (Å²) in [6, 6.07) is 4.44. The smallest absolute Gasteiger partial charge is 0.338 e. The van der Waals surface area contributed by atoms with Gasteiger partial charge in [0.2, 0.25) is 0 Å². The van der Waals surface area contributed by atoms with Gasteiger partial charge in [-0.05, 0) is 31.0 Å². The van der Waals surface area contributed by atoms with Crippen molar-refractivity contribution in [3.8, 4) is 0 Å². The molecule has 1 atom stereocenters. The number of carbonyl (C=O) groups is 2. The molecule has 0 saturated carbocycles. The Morgan fingerprint density at radius 2 is 2.00 bits per heavy atom. The molecular weight excluding hydrogens is 280 g/mol. The molecule has 6 heteroatoms. The number of hydrogen-bond donors (Lipinski definition) is 2. The summed E-state index contributed by atoms with van der Waals surface area (Å²) in [5, 5.41) is 3.11. The summed E-state index contributed by atoms with van der Waals surface area (Å²) in [5.41, 5.74) is 6.15. The van der Waals surface area contributed by atoms with Gasteiger partial charge in [0.15, 0.2) is 6.61 Å². The fraction of sp³-hybridized carbons (Fsp3) is 0.429. The second-order valence-electron chi connectivity index (χ2n) is 4.91. The van der Waals surface area contributed by atoms with Crippen LogP contribution in [-0.4, -0.2) is 24.5 Å². The Hall–Kier alpha value is -1.75. The summed E-state index contributed by atoms with van der Waals surface area (Å²) in [4.78, 5) is 23.3. The first-order chi connectivity index (χ1) is 9.31. The average molecular weight is 299 g/mol. The number of anilines is 1. The van der Waals surface area contributed by atoms with Crippen molar-refractivity contribution in [1.29, 1.82) is 0 Å². The lowest BCUT2D eigenvalue weighted by atomic mass is 10.1. The largest absolute Gasteiger partial charge is 0.452 e. The molecule has 0 radical (unpaired) electrons. The molecule has 20 heavy (non-hydrogen) atoms.